The highest BCUT2D eigenvalue weighted by Gasteiger charge is 2.18. The minimum Gasteiger partial charge on any atom is -0.321 e. The van der Waals surface area contributed by atoms with Crippen LogP contribution in [0.2, 0.25) is 0 Å². The minimum absolute atomic E-state index is 0.106. The van der Waals surface area contributed by atoms with E-state index in [1.165, 1.54) is 42.9 Å². The van der Waals surface area contributed by atoms with Crippen molar-refractivity contribution < 1.29 is 13.2 Å². The van der Waals surface area contributed by atoms with E-state index in [9.17, 15) is 13.2 Å². The van der Waals surface area contributed by atoms with Gasteiger partial charge in [0.25, 0.3) is 15.9 Å². The van der Waals surface area contributed by atoms with Crippen LogP contribution >= 0.6 is 0 Å². The fourth-order valence-electron chi connectivity index (χ4n) is 2.17. The van der Waals surface area contributed by atoms with E-state index in [2.05, 4.69) is 25.0 Å². The molecule has 0 saturated carbocycles. The Morgan fingerprint density at radius 3 is 2.54 bits per heavy atom. The van der Waals surface area contributed by atoms with Crippen molar-refractivity contribution in [3.8, 4) is 0 Å². The summed E-state index contributed by atoms with van der Waals surface area (Å²) in [5.74, 6) is 0.0622. The highest BCUT2D eigenvalue weighted by Crippen LogP contribution is 2.15. The maximum Gasteiger partial charge on any atom is 0.275 e. The first-order valence-electron chi connectivity index (χ1n) is 7.28. The molecule has 1 amide bonds. The van der Waals surface area contributed by atoms with Gasteiger partial charge in [-0.25, -0.2) is 13.4 Å². The van der Waals surface area contributed by atoms with E-state index < -0.39 is 15.9 Å². The van der Waals surface area contributed by atoms with Gasteiger partial charge >= 0.3 is 0 Å². The van der Waals surface area contributed by atoms with Gasteiger partial charge in [0.2, 0.25) is 0 Å². The molecule has 2 N–H and O–H groups in total. The summed E-state index contributed by atoms with van der Waals surface area (Å²) in [6, 6.07) is 5.87. The molecule has 0 spiro atoms. The molecule has 1 aliphatic rings. The molecule has 0 aliphatic carbocycles. The zero-order chi connectivity index (χ0) is 17.0. The van der Waals surface area contributed by atoms with E-state index in [1.54, 1.807) is 0 Å². The van der Waals surface area contributed by atoms with Gasteiger partial charge in [0.1, 0.15) is 11.5 Å². The van der Waals surface area contributed by atoms with Gasteiger partial charge in [0.05, 0.1) is 11.1 Å². The third kappa shape index (κ3) is 3.74. The van der Waals surface area contributed by atoms with E-state index in [0.29, 0.717) is 24.5 Å². The lowest BCUT2D eigenvalue weighted by molar-refractivity contribution is 0.102. The molecule has 0 bridgehead atoms. The van der Waals surface area contributed by atoms with Crippen LogP contribution in [0.4, 0.5) is 5.69 Å². The van der Waals surface area contributed by atoms with E-state index in [4.69, 9.17) is 0 Å². The Kier molecular flexibility index (Phi) is 4.52. The van der Waals surface area contributed by atoms with E-state index in [0.717, 1.165) is 6.42 Å². The first kappa shape index (κ1) is 16.1. The maximum absolute atomic E-state index is 12.2. The first-order valence-corrected chi connectivity index (χ1v) is 8.76. The molecule has 1 aromatic carbocycles. The van der Waals surface area contributed by atoms with Crippen LogP contribution in [-0.2, 0) is 10.0 Å². The zero-order valence-corrected chi connectivity index (χ0v) is 13.5. The van der Waals surface area contributed by atoms with E-state index in [1.807, 2.05) is 0 Å². The number of sulfonamides is 1. The SMILES string of the molecule is O=C(Nc1ccc(S(=O)(=O)NC2=NCCC2)cc1)c1cnccn1. The Balaban J connectivity index is 1.70. The number of rotatable bonds is 4. The molecule has 0 fully saturated rings. The topological polar surface area (TPSA) is 113 Å². The summed E-state index contributed by atoms with van der Waals surface area (Å²) in [4.78, 5) is 23.9. The number of anilines is 1. The number of hydrogen-bond donors (Lipinski definition) is 2. The molecular weight excluding hydrogens is 330 g/mol. The third-order valence-corrected chi connectivity index (χ3v) is 4.74. The van der Waals surface area contributed by atoms with Gasteiger partial charge in [-0.1, -0.05) is 0 Å². The molecule has 0 atom stereocenters. The van der Waals surface area contributed by atoms with Crippen molar-refractivity contribution in [2.45, 2.75) is 17.7 Å². The number of nitrogens with zero attached hydrogens (tertiary/aromatic N) is 3. The largest absolute Gasteiger partial charge is 0.321 e. The molecule has 24 heavy (non-hydrogen) atoms. The summed E-state index contributed by atoms with van der Waals surface area (Å²) in [7, 11) is -3.66. The number of aromatic nitrogens is 2. The number of benzene rings is 1. The highest BCUT2D eigenvalue weighted by atomic mass is 32.2. The molecule has 1 aromatic heterocycles. The summed E-state index contributed by atoms with van der Waals surface area (Å²) in [5.41, 5.74) is 0.637. The number of carbonyl (C=O) groups is 1. The second kappa shape index (κ2) is 6.75. The smallest absolute Gasteiger partial charge is 0.275 e. The highest BCUT2D eigenvalue weighted by molar-refractivity contribution is 7.90. The second-order valence-electron chi connectivity index (χ2n) is 5.11. The quantitative estimate of drug-likeness (QED) is 0.864. The van der Waals surface area contributed by atoms with Crippen molar-refractivity contribution >= 4 is 27.5 Å². The number of hydrogen-bond acceptors (Lipinski definition) is 6. The average Bonchev–Trinajstić information content (AvgIpc) is 3.08. The van der Waals surface area contributed by atoms with Crippen LogP contribution in [-0.4, -0.2) is 36.7 Å². The summed E-state index contributed by atoms with van der Waals surface area (Å²) in [5, 5.41) is 2.63. The third-order valence-electron chi connectivity index (χ3n) is 3.34. The van der Waals surface area contributed by atoms with Crippen LogP contribution in [0.3, 0.4) is 0 Å². The fourth-order valence-corrected chi connectivity index (χ4v) is 3.25. The van der Waals surface area contributed by atoms with Crippen molar-refractivity contribution in [1.29, 1.82) is 0 Å². The Hall–Kier alpha value is -2.81. The molecule has 1 aliphatic heterocycles. The van der Waals surface area contributed by atoms with Crippen LogP contribution < -0.4 is 10.0 Å². The maximum atomic E-state index is 12.2. The minimum atomic E-state index is -3.66. The normalized spacial score (nSPS) is 14.1. The standard InChI is InChI=1S/C15H15N5O3S/c21-15(13-10-16-8-9-17-13)19-11-3-5-12(6-4-11)24(22,23)20-14-2-1-7-18-14/h3-6,8-10H,1-2,7H2,(H,18,20)(H,19,21). The van der Waals surface area contributed by atoms with Gasteiger partial charge in [-0.05, 0) is 30.7 Å². The van der Waals surface area contributed by atoms with Gasteiger partial charge in [-0.2, -0.15) is 0 Å². The number of carbonyl (C=O) groups excluding carboxylic acids is 1. The van der Waals surface area contributed by atoms with Crippen molar-refractivity contribution in [3.63, 3.8) is 0 Å². The van der Waals surface area contributed by atoms with Crippen molar-refractivity contribution in [2.75, 3.05) is 11.9 Å². The lowest BCUT2D eigenvalue weighted by Gasteiger charge is -2.09. The molecule has 2 aromatic rings. The Bertz CT molecular complexity index is 864. The van der Waals surface area contributed by atoms with Gasteiger partial charge in [0, 0.05) is 31.0 Å². The van der Waals surface area contributed by atoms with Crippen LogP contribution in [0.1, 0.15) is 23.3 Å². The number of amidine groups is 1. The Morgan fingerprint density at radius 1 is 1.12 bits per heavy atom. The number of aliphatic imine (C=N–C) groups is 1. The molecule has 0 saturated heterocycles. The Labute approximate surface area is 139 Å². The van der Waals surface area contributed by atoms with Gasteiger partial charge in [-0.3, -0.25) is 19.5 Å². The molecular formula is C15H15N5O3S. The van der Waals surface area contributed by atoms with Gasteiger partial charge < -0.3 is 5.32 Å². The predicted octanol–water partition coefficient (Wildman–Crippen LogP) is 1.20. The lowest BCUT2D eigenvalue weighted by atomic mass is 10.3. The van der Waals surface area contributed by atoms with Gasteiger partial charge in [0.15, 0.2) is 0 Å². The van der Waals surface area contributed by atoms with E-state index in [-0.39, 0.29) is 10.6 Å². The summed E-state index contributed by atoms with van der Waals surface area (Å²) >= 11 is 0. The number of nitrogens with one attached hydrogen (secondary N) is 2. The molecule has 3 rings (SSSR count). The number of amides is 1. The first-order chi connectivity index (χ1) is 11.5. The molecule has 124 valence electrons. The molecule has 0 unspecified atom stereocenters. The average molecular weight is 345 g/mol. The molecule has 8 nitrogen and oxygen atoms in total. The zero-order valence-electron chi connectivity index (χ0n) is 12.6. The van der Waals surface area contributed by atoms with Crippen molar-refractivity contribution in [1.82, 2.24) is 14.7 Å². The van der Waals surface area contributed by atoms with Crippen molar-refractivity contribution in [3.05, 3.63) is 48.5 Å². The fraction of sp³-hybridized carbons (Fsp3) is 0.200. The van der Waals surface area contributed by atoms with Crippen LogP contribution in [0.25, 0.3) is 0 Å². The molecule has 2 heterocycles. The molecule has 9 heteroatoms. The lowest BCUT2D eigenvalue weighted by Crippen LogP contribution is -2.29. The predicted molar refractivity (Wildman–Crippen MR) is 88.3 cm³/mol. The summed E-state index contributed by atoms with van der Waals surface area (Å²) in [6.45, 7) is 0.644. The summed E-state index contributed by atoms with van der Waals surface area (Å²) in [6.07, 6.45) is 5.72. The van der Waals surface area contributed by atoms with Gasteiger partial charge in [-0.15, -0.1) is 0 Å². The molecule has 0 radical (unpaired) electrons. The second-order valence-corrected chi connectivity index (χ2v) is 6.79. The van der Waals surface area contributed by atoms with Crippen LogP contribution in [0.15, 0.2) is 52.7 Å². The van der Waals surface area contributed by atoms with Crippen LogP contribution in [0.5, 0.6) is 0 Å². The summed E-state index contributed by atoms with van der Waals surface area (Å²) < 4.78 is 27.0. The van der Waals surface area contributed by atoms with Crippen LogP contribution in [0, 0.1) is 0 Å². The van der Waals surface area contributed by atoms with Crippen molar-refractivity contribution in [2.24, 2.45) is 4.99 Å². The Morgan fingerprint density at radius 2 is 1.92 bits per heavy atom. The monoisotopic (exact) mass is 345 g/mol. The van der Waals surface area contributed by atoms with E-state index >= 15 is 0 Å².